The van der Waals surface area contributed by atoms with Crippen LogP contribution >= 0.6 is 0 Å². The molecule has 0 aromatic heterocycles. The highest BCUT2D eigenvalue weighted by molar-refractivity contribution is 7.92. The van der Waals surface area contributed by atoms with Gasteiger partial charge in [-0.15, -0.1) is 0 Å². The lowest BCUT2D eigenvalue weighted by molar-refractivity contribution is 0.0988. The predicted molar refractivity (Wildman–Crippen MR) is 123 cm³/mol. The van der Waals surface area contributed by atoms with Crippen LogP contribution in [0.25, 0.3) is 0 Å². The molecule has 8 heteroatoms. The molecule has 0 unspecified atom stereocenters. The summed E-state index contributed by atoms with van der Waals surface area (Å²) in [5.74, 6) is 1.29. The molecule has 166 valence electrons. The fourth-order valence-electron chi connectivity index (χ4n) is 3.45. The van der Waals surface area contributed by atoms with Crippen molar-refractivity contribution in [2.24, 2.45) is 0 Å². The van der Waals surface area contributed by atoms with Gasteiger partial charge in [0, 0.05) is 12.2 Å². The van der Waals surface area contributed by atoms with Crippen LogP contribution in [0.4, 0.5) is 11.4 Å². The van der Waals surface area contributed by atoms with Crippen molar-refractivity contribution >= 4 is 27.3 Å². The number of benzene rings is 3. The third kappa shape index (κ3) is 4.27. The van der Waals surface area contributed by atoms with Gasteiger partial charge in [-0.3, -0.25) is 9.52 Å². The van der Waals surface area contributed by atoms with E-state index in [4.69, 9.17) is 9.47 Å². The van der Waals surface area contributed by atoms with Gasteiger partial charge in [-0.1, -0.05) is 19.1 Å². The van der Waals surface area contributed by atoms with Gasteiger partial charge in [-0.25, -0.2) is 8.42 Å². The van der Waals surface area contributed by atoms with E-state index in [2.05, 4.69) is 4.72 Å². The lowest BCUT2D eigenvalue weighted by atomic mass is 10.1. The van der Waals surface area contributed by atoms with Gasteiger partial charge >= 0.3 is 0 Å². The Morgan fingerprint density at radius 2 is 1.72 bits per heavy atom. The average Bonchev–Trinajstić information content (AvgIpc) is 2.91. The molecule has 0 radical (unpaired) electrons. The molecule has 0 spiro atoms. The smallest absolute Gasteiger partial charge is 0.262 e. The molecule has 0 fully saturated rings. The highest BCUT2D eigenvalue weighted by Crippen LogP contribution is 2.39. The van der Waals surface area contributed by atoms with E-state index in [1.54, 1.807) is 35.2 Å². The molecule has 0 saturated heterocycles. The van der Waals surface area contributed by atoms with Gasteiger partial charge in [0.1, 0.15) is 11.5 Å². The molecule has 0 bridgehead atoms. The van der Waals surface area contributed by atoms with Crippen molar-refractivity contribution in [1.82, 2.24) is 0 Å². The third-order valence-corrected chi connectivity index (χ3v) is 6.40. The number of rotatable bonds is 7. The monoisotopic (exact) mass is 452 g/mol. The highest BCUT2D eigenvalue weighted by Gasteiger charge is 2.28. The number of sulfonamides is 1. The number of hydrogen-bond acceptors (Lipinski definition) is 5. The molecule has 1 N–H and O–H groups in total. The van der Waals surface area contributed by atoms with Crippen LogP contribution in [-0.2, 0) is 10.0 Å². The molecule has 1 amide bonds. The Morgan fingerprint density at radius 3 is 2.44 bits per heavy atom. The van der Waals surface area contributed by atoms with Crippen molar-refractivity contribution < 1.29 is 22.7 Å². The number of amides is 1. The number of nitrogens with zero attached hydrogens (tertiary/aromatic N) is 1. The van der Waals surface area contributed by atoms with Crippen molar-refractivity contribution in [3.63, 3.8) is 0 Å². The molecule has 0 saturated carbocycles. The van der Waals surface area contributed by atoms with Crippen molar-refractivity contribution in [2.45, 2.75) is 25.2 Å². The zero-order valence-corrected chi connectivity index (χ0v) is 18.7. The van der Waals surface area contributed by atoms with Crippen LogP contribution in [0.2, 0.25) is 0 Å². The first kappa shape index (κ1) is 21.7. The zero-order chi connectivity index (χ0) is 22.7. The average molecular weight is 453 g/mol. The van der Waals surface area contributed by atoms with E-state index in [-0.39, 0.29) is 22.1 Å². The van der Waals surface area contributed by atoms with E-state index in [1.807, 2.05) is 32.0 Å². The lowest BCUT2D eigenvalue weighted by Gasteiger charge is -2.20. The third-order valence-electron chi connectivity index (χ3n) is 5.01. The molecule has 1 heterocycles. The van der Waals surface area contributed by atoms with E-state index >= 15 is 0 Å². The second-order valence-corrected chi connectivity index (χ2v) is 8.94. The van der Waals surface area contributed by atoms with E-state index in [0.717, 1.165) is 6.42 Å². The van der Waals surface area contributed by atoms with E-state index < -0.39 is 10.0 Å². The Bertz CT molecular complexity index is 1240. The van der Waals surface area contributed by atoms with E-state index in [1.165, 1.54) is 18.2 Å². The van der Waals surface area contributed by atoms with Crippen LogP contribution in [0, 0.1) is 0 Å². The summed E-state index contributed by atoms with van der Waals surface area (Å²) in [7, 11) is -3.85. The fraction of sp³-hybridized carbons (Fsp3) is 0.208. The second kappa shape index (κ2) is 8.92. The Hall–Kier alpha value is -3.52. The van der Waals surface area contributed by atoms with Crippen LogP contribution in [0.15, 0.2) is 71.6 Å². The largest absolute Gasteiger partial charge is 0.494 e. The van der Waals surface area contributed by atoms with Gasteiger partial charge in [-0.05, 0) is 67.9 Å². The first-order chi connectivity index (χ1) is 15.4. The normalized spacial score (nSPS) is 12.9. The minimum atomic E-state index is -3.85. The van der Waals surface area contributed by atoms with Crippen LogP contribution in [0.5, 0.6) is 17.2 Å². The number of nitrogens with one attached hydrogen (secondary N) is 1. The van der Waals surface area contributed by atoms with Crippen molar-refractivity contribution in [1.29, 1.82) is 0 Å². The SMILES string of the molecule is CCCOc1ccc(S(=O)(=O)Nc2ccc3c(c2)C(=O)N(CC)c2ccccc2O3)cc1. The summed E-state index contributed by atoms with van der Waals surface area (Å²) in [5, 5.41) is 0. The quantitative estimate of drug-likeness (QED) is 0.542. The topological polar surface area (TPSA) is 84.9 Å². The van der Waals surface area contributed by atoms with Crippen molar-refractivity contribution in [3.8, 4) is 17.2 Å². The molecule has 3 aromatic carbocycles. The lowest BCUT2D eigenvalue weighted by Crippen LogP contribution is -2.29. The Morgan fingerprint density at radius 1 is 0.969 bits per heavy atom. The molecule has 4 rings (SSSR count). The van der Waals surface area contributed by atoms with Crippen LogP contribution in [0.1, 0.15) is 30.6 Å². The molecule has 32 heavy (non-hydrogen) atoms. The van der Waals surface area contributed by atoms with Crippen LogP contribution < -0.4 is 19.1 Å². The van der Waals surface area contributed by atoms with Gasteiger partial charge in [0.25, 0.3) is 15.9 Å². The Kier molecular flexibility index (Phi) is 6.05. The van der Waals surface area contributed by atoms with E-state index in [0.29, 0.717) is 36.1 Å². The summed E-state index contributed by atoms with van der Waals surface area (Å²) in [5.41, 5.74) is 1.23. The second-order valence-electron chi connectivity index (χ2n) is 7.26. The summed E-state index contributed by atoms with van der Waals surface area (Å²) < 4.78 is 39.7. The highest BCUT2D eigenvalue weighted by atomic mass is 32.2. The van der Waals surface area contributed by atoms with Gasteiger partial charge in [0.15, 0.2) is 5.75 Å². The molecule has 0 atom stereocenters. The summed E-state index contributed by atoms with van der Waals surface area (Å²) in [6, 6.07) is 18.2. The molecule has 0 aliphatic carbocycles. The molecule has 1 aliphatic rings. The molecule has 3 aromatic rings. The Labute approximate surface area is 187 Å². The molecular weight excluding hydrogens is 428 g/mol. The number of fused-ring (bicyclic) bond motifs is 2. The summed E-state index contributed by atoms with van der Waals surface area (Å²) in [6.45, 7) is 4.88. The zero-order valence-electron chi connectivity index (χ0n) is 17.9. The first-order valence-electron chi connectivity index (χ1n) is 10.4. The number of carbonyl (C=O) groups excluding carboxylic acids is 1. The maximum Gasteiger partial charge on any atom is 0.262 e. The number of hydrogen-bond donors (Lipinski definition) is 1. The number of para-hydroxylation sites is 2. The minimum Gasteiger partial charge on any atom is -0.494 e. The molecular formula is C24H24N2O5S. The van der Waals surface area contributed by atoms with Crippen molar-refractivity contribution in [2.75, 3.05) is 22.8 Å². The Balaban J connectivity index is 1.62. The fourth-order valence-corrected chi connectivity index (χ4v) is 4.50. The van der Waals surface area contributed by atoms with Crippen LogP contribution in [-0.4, -0.2) is 27.5 Å². The van der Waals surface area contributed by atoms with Crippen molar-refractivity contribution in [3.05, 3.63) is 72.3 Å². The summed E-state index contributed by atoms with van der Waals surface area (Å²) in [6.07, 6.45) is 0.864. The minimum absolute atomic E-state index is 0.0986. The maximum absolute atomic E-state index is 13.2. The number of ether oxygens (including phenoxy) is 2. The first-order valence-corrected chi connectivity index (χ1v) is 11.9. The summed E-state index contributed by atoms with van der Waals surface area (Å²) >= 11 is 0. The molecule has 1 aliphatic heterocycles. The van der Waals surface area contributed by atoms with Gasteiger partial charge < -0.3 is 14.4 Å². The van der Waals surface area contributed by atoms with Crippen LogP contribution in [0.3, 0.4) is 0 Å². The maximum atomic E-state index is 13.2. The predicted octanol–water partition coefficient (Wildman–Crippen LogP) is 5.05. The number of carbonyl (C=O) groups is 1. The van der Waals surface area contributed by atoms with Gasteiger partial charge in [0.2, 0.25) is 0 Å². The van der Waals surface area contributed by atoms with E-state index in [9.17, 15) is 13.2 Å². The standard InChI is InChI=1S/C24H24N2O5S/c1-3-15-30-18-10-12-19(13-11-18)32(28,29)25-17-9-14-22-20(16-17)24(27)26(4-2)21-7-5-6-8-23(21)31-22/h5-14,16,25H,3-4,15H2,1-2H3. The summed E-state index contributed by atoms with van der Waals surface area (Å²) in [4.78, 5) is 14.9. The molecule has 7 nitrogen and oxygen atoms in total. The van der Waals surface area contributed by atoms with Gasteiger partial charge in [-0.2, -0.15) is 0 Å². The number of anilines is 2. The van der Waals surface area contributed by atoms with Gasteiger partial charge in [0.05, 0.1) is 22.8 Å².